The third-order valence-corrected chi connectivity index (χ3v) is 8.43. The van der Waals surface area contributed by atoms with E-state index in [1.165, 1.54) is 7.11 Å². The summed E-state index contributed by atoms with van der Waals surface area (Å²) >= 11 is 4.50. The third kappa shape index (κ3) is 22.9. The predicted molar refractivity (Wildman–Crippen MR) is 193 cm³/mol. The van der Waals surface area contributed by atoms with Crippen molar-refractivity contribution in [3.63, 3.8) is 0 Å². The summed E-state index contributed by atoms with van der Waals surface area (Å²) in [5, 5.41) is 0. The molecule has 0 spiro atoms. The Bertz CT molecular complexity index is 841. The first kappa shape index (κ1) is 44.8. The Balaban J connectivity index is 0.00000677. The minimum absolute atomic E-state index is 0.101. The molecule has 1 rings (SSSR count). The van der Waals surface area contributed by atoms with E-state index in [-0.39, 0.29) is 56.0 Å². The summed E-state index contributed by atoms with van der Waals surface area (Å²) in [5.41, 5.74) is 7.36. The summed E-state index contributed by atoms with van der Waals surface area (Å²) in [6, 6.07) is 8.96. The van der Waals surface area contributed by atoms with Crippen molar-refractivity contribution in [2.75, 3.05) is 33.4 Å². The topological polar surface area (TPSA) is 108 Å². The standard InChI is InChI=1S/C37H64N2O5.CH3ClO/c1-5-9-14-22-32(23-15-10-6-2)36(41)43-28-26-39(35(40)34(38)30-31-20-18-13-19-21-31)27-29-44-37(42)33(24-16-11-7-3)25-17-12-8-4;1-3-2/h13,18-21,32-34H,5-12,14-17,22-30,38H2,1-4H3;1H3. The van der Waals surface area contributed by atoms with Crippen LogP contribution in [0, 0.1) is 11.8 Å². The molecule has 0 aromatic heterocycles. The number of amides is 1. The van der Waals surface area contributed by atoms with Gasteiger partial charge in [0.25, 0.3) is 0 Å². The molecule has 0 heterocycles. The highest BCUT2D eigenvalue weighted by atomic mass is 35.5. The molecule has 1 unspecified atom stereocenters. The average Bonchev–Trinajstić information content (AvgIpc) is 3.06. The van der Waals surface area contributed by atoms with Crippen molar-refractivity contribution in [2.24, 2.45) is 17.6 Å². The molecular formula is C38H67ClN2O6. The molecule has 0 bridgehead atoms. The van der Waals surface area contributed by atoms with E-state index in [0.29, 0.717) is 6.42 Å². The van der Waals surface area contributed by atoms with Gasteiger partial charge in [-0.15, -0.1) is 0 Å². The average molecular weight is 683 g/mol. The number of hydrogen-bond donors (Lipinski definition) is 1. The molecule has 1 atom stereocenters. The van der Waals surface area contributed by atoms with Crippen LogP contribution in [0.4, 0.5) is 0 Å². The summed E-state index contributed by atoms with van der Waals surface area (Å²) in [6.07, 6.45) is 16.7. The fourth-order valence-corrected chi connectivity index (χ4v) is 5.59. The van der Waals surface area contributed by atoms with Crippen LogP contribution in [0.3, 0.4) is 0 Å². The lowest BCUT2D eigenvalue weighted by Gasteiger charge is -2.26. The lowest BCUT2D eigenvalue weighted by Crippen LogP contribution is -2.47. The Hall–Kier alpha value is -2.16. The normalized spacial score (nSPS) is 11.6. The zero-order valence-corrected chi connectivity index (χ0v) is 31.1. The van der Waals surface area contributed by atoms with Crippen molar-refractivity contribution in [3.8, 4) is 0 Å². The first-order chi connectivity index (χ1) is 22.8. The Morgan fingerprint density at radius 3 is 1.38 bits per heavy atom. The van der Waals surface area contributed by atoms with Crippen LogP contribution in [-0.4, -0.2) is 62.2 Å². The molecule has 9 heteroatoms. The molecule has 8 nitrogen and oxygen atoms in total. The van der Waals surface area contributed by atoms with E-state index in [1.807, 2.05) is 30.3 Å². The lowest BCUT2D eigenvalue weighted by molar-refractivity contribution is -0.152. The molecule has 0 fully saturated rings. The van der Waals surface area contributed by atoms with Crippen molar-refractivity contribution in [1.29, 1.82) is 0 Å². The summed E-state index contributed by atoms with van der Waals surface area (Å²) in [5.74, 6) is -0.782. The Kier molecular flexibility index (Phi) is 29.7. The number of carbonyl (C=O) groups excluding carboxylic acids is 3. The second kappa shape index (κ2) is 31.1. The quantitative estimate of drug-likeness (QED) is 0.0730. The van der Waals surface area contributed by atoms with Gasteiger partial charge in [0.05, 0.1) is 49.9 Å². The van der Waals surface area contributed by atoms with E-state index in [0.717, 1.165) is 108 Å². The van der Waals surface area contributed by atoms with Crippen molar-refractivity contribution < 1.29 is 28.1 Å². The highest BCUT2D eigenvalue weighted by Crippen LogP contribution is 2.21. The number of nitrogens with two attached hydrogens (primary N) is 1. The van der Waals surface area contributed by atoms with Crippen molar-refractivity contribution >= 4 is 29.7 Å². The van der Waals surface area contributed by atoms with E-state index < -0.39 is 6.04 Å². The van der Waals surface area contributed by atoms with Gasteiger partial charge in [-0.1, -0.05) is 135 Å². The molecule has 0 saturated heterocycles. The molecule has 0 radical (unpaired) electrons. The van der Waals surface area contributed by atoms with Gasteiger partial charge in [-0.25, -0.2) is 0 Å². The third-order valence-electron chi connectivity index (χ3n) is 8.43. The molecule has 0 saturated carbocycles. The van der Waals surface area contributed by atoms with E-state index in [4.69, 9.17) is 15.2 Å². The monoisotopic (exact) mass is 682 g/mol. The molecule has 272 valence electrons. The van der Waals surface area contributed by atoms with Crippen molar-refractivity contribution in [2.45, 2.75) is 143 Å². The number of unbranched alkanes of at least 4 members (excludes halogenated alkanes) is 8. The minimum Gasteiger partial charge on any atom is -0.464 e. The van der Waals surface area contributed by atoms with E-state index in [2.05, 4.69) is 43.9 Å². The van der Waals surface area contributed by atoms with Gasteiger partial charge in [-0.2, -0.15) is 0 Å². The molecule has 2 N–H and O–H groups in total. The number of benzene rings is 1. The zero-order valence-electron chi connectivity index (χ0n) is 30.3. The molecule has 1 aromatic rings. The Labute approximate surface area is 292 Å². The first-order valence-corrected chi connectivity index (χ1v) is 18.7. The SMILES string of the molecule is CCCCCC(CCCCC)C(=O)OCCN(CCOC(=O)C(CCCCC)CCCCC)C(=O)C(N)Cc1ccccc1.COCl. The highest BCUT2D eigenvalue weighted by Gasteiger charge is 2.25. The summed E-state index contributed by atoms with van der Waals surface area (Å²) < 4.78 is 15.2. The maximum Gasteiger partial charge on any atom is 0.308 e. The fourth-order valence-electron chi connectivity index (χ4n) is 5.59. The Morgan fingerprint density at radius 2 is 1.04 bits per heavy atom. The lowest BCUT2D eigenvalue weighted by atomic mass is 9.95. The van der Waals surface area contributed by atoms with Crippen LogP contribution in [0.2, 0.25) is 0 Å². The molecule has 0 aliphatic carbocycles. The van der Waals surface area contributed by atoms with Crippen LogP contribution >= 0.6 is 11.9 Å². The Morgan fingerprint density at radius 1 is 0.681 bits per heavy atom. The maximum absolute atomic E-state index is 13.5. The van der Waals surface area contributed by atoms with E-state index in [9.17, 15) is 14.4 Å². The van der Waals surface area contributed by atoms with Crippen molar-refractivity contribution in [3.05, 3.63) is 35.9 Å². The number of hydrogen-bond acceptors (Lipinski definition) is 7. The highest BCUT2D eigenvalue weighted by molar-refractivity contribution is 6.07. The van der Waals surface area contributed by atoms with Gasteiger partial charge < -0.3 is 20.1 Å². The van der Waals surface area contributed by atoms with Gasteiger partial charge >= 0.3 is 11.9 Å². The van der Waals surface area contributed by atoms with E-state index in [1.54, 1.807) is 4.90 Å². The van der Waals surface area contributed by atoms with Crippen LogP contribution in [0.15, 0.2) is 30.3 Å². The predicted octanol–water partition coefficient (Wildman–Crippen LogP) is 8.81. The molecule has 1 amide bonds. The van der Waals surface area contributed by atoms with Gasteiger partial charge in [0, 0.05) is 0 Å². The van der Waals surface area contributed by atoms with Crippen LogP contribution in [0.25, 0.3) is 0 Å². The first-order valence-electron chi connectivity index (χ1n) is 18.3. The largest absolute Gasteiger partial charge is 0.464 e. The summed E-state index contributed by atoms with van der Waals surface area (Å²) in [6.45, 7) is 9.29. The molecule has 1 aromatic carbocycles. The second-order valence-electron chi connectivity index (χ2n) is 12.5. The maximum atomic E-state index is 13.5. The minimum atomic E-state index is -0.740. The molecular weight excluding hydrogens is 616 g/mol. The summed E-state index contributed by atoms with van der Waals surface area (Å²) in [4.78, 5) is 41.1. The van der Waals surface area contributed by atoms with Gasteiger partial charge in [0.2, 0.25) is 5.91 Å². The van der Waals surface area contributed by atoms with E-state index >= 15 is 0 Å². The zero-order chi connectivity index (χ0) is 35.1. The molecule has 0 aliphatic heterocycles. The number of ether oxygens (including phenoxy) is 2. The number of halogens is 1. The van der Waals surface area contributed by atoms with Crippen LogP contribution < -0.4 is 5.73 Å². The number of esters is 2. The smallest absolute Gasteiger partial charge is 0.308 e. The van der Waals surface area contributed by atoms with Crippen LogP contribution in [-0.2, 0) is 34.6 Å². The molecule has 0 aliphatic rings. The van der Waals surface area contributed by atoms with Crippen molar-refractivity contribution in [1.82, 2.24) is 4.90 Å². The van der Waals surface area contributed by atoms with Gasteiger partial charge in [-0.3, -0.25) is 18.7 Å². The fraction of sp³-hybridized carbons (Fsp3) is 0.763. The second-order valence-corrected chi connectivity index (χ2v) is 12.8. The van der Waals surface area contributed by atoms with Gasteiger partial charge in [-0.05, 0) is 37.7 Å². The van der Waals surface area contributed by atoms with Crippen LogP contribution in [0.1, 0.15) is 136 Å². The van der Waals surface area contributed by atoms with Gasteiger partial charge in [0.15, 0.2) is 0 Å². The number of carbonyl (C=O) groups is 3. The van der Waals surface area contributed by atoms with Gasteiger partial charge in [0.1, 0.15) is 13.2 Å². The molecule has 47 heavy (non-hydrogen) atoms. The number of rotatable bonds is 27. The summed E-state index contributed by atoms with van der Waals surface area (Å²) in [7, 11) is 1.39. The van der Waals surface area contributed by atoms with Crippen LogP contribution in [0.5, 0.6) is 0 Å². The number of nitrogens with zero attached hydrogens (tertiary/aromatic N) is 1.